The second-order valence-corrected chi connectivity index (χ2v) is 18.0. The van der Waals surface area contributed by atoms with Crippen LogP contribution in [0.3, 0.4) is 0 Å². The van der Waals surface area contributed by atoms with Gasteiger partial charge in [0.15, 0.2) is 18.2 Å². The molecule has 4 fully saturated rings. The van der Waals surface area contributed by atoms with Crippen molar-refractivity contribution in [2.75, 3.05) is 50.1 Å². The number of rotatable bonds is 12. The average molecular weight is 894 g/mol. The van der Waals surface area contributed by atoms with Crippen LogP contribution >= 0.6 is 11.6 Å². The van der Waals surface area contributed by atoms with Gasteiger partial charge >= 0.3 is 0 Å². The zero-order chi connectivity index (χ0) is 44.8. The molecule has 1 saturated carbocycles. The van der Waals surface area contributed by atoms with Gasteiger partial charge in [0.1, 0.15) is 11.1 Å². The van der Waals surface area contributed by atoms with Crippen molar-refractivity contribution in [3.63, 3.8) is 0 Å². The number of pyridine rings is 1. The third-order valence-corrected chi connectivity index (χ3v) is 13.6. The molecule has 3 N–H and O–H groups in total. The standard InChI is InChI=1S/C46H52ClN9O8/c1-25(2)55-35-8-7-28(19-27(35)20-37(44(55)61)63-24-39(58)48-3)50-41-34(47)23-49-46(52-41)54-17-13-30(14-18-54)64-31-21-29(22-31)53-15-11-26(12-16-53)32-5-4-6-33-40(32)45(62)56(43(33)60)36-9-10-38(57)51-42(36)59/h4-8,19-20,23,25-26,29-31,36H,9-18,21-22,24H2,1-3H3,(H,48,58)(H,49,50,52)(H,51,57,59). The Morgan fingerprint density at radius 2 is 1.70 bits per heavy atom. The number of nitrogens with one attached hydrogen (secondary N) is 3. The third-order valence-electron chi connectivity index (χ3n) is 13.3. The predicted octanol–water partition coefficient (Wildman–Crippen LogP) is 4.69. The summed E-state index contributed by atoms with van der Waals surface area (Å²) in [6, 6.07) is 12.0. The van der Waals surface area contributed by atoms with Gasteiger partial charge < -0.3 is 34.5 Å². The number of anilines is 3. The van der Waals surface area contributed by atoms with Crippen molar-refractivity contribution in [3.8, 4) is 5.75 Å². The van der Waals surface area contributed by atoms with E-state index in [0.717, 1.165) is 86.1 Å². The number of ether oxygens (including phenoxy) is 2. The number of hydrogen-bond acceptors (Lipinski definition) is 13. The SMILES string of the molecule is CNC(=O)COc1cc2cc(Nc3nc(N4CCC(OC5CC(N6CCC(c7cccc8c7C(=O)N(C7CCC(=O)NC7=O)C8=O)CC6)C5)CC4)ncc3Cl)ccc2n(C(C)C)c1=O. The summed E-state index contributed by atoms with van der Waals surface area (Å²) < 4.78 is 13.9. The number of hydrogen-bond donors (Lipinski definition) is 3. The van der Waals surface area contributed by atoms with Gasteiger partial charge in [0, 0.05) is 49.7 Å². The van der Waals surface area contributed by atoms with Crippen LogP contribution in [0.15, 0.2) is 53.5 Å². The van der Waals surface area contributed by atoms with Gasteiger partial charge in [-0.05, 0) is 114 Å². The summed E-state index contributed by atoms with van der Waals surface area (Å²) >= 11 is 6.60. The van der Waals surface area contributed by atoms with Crippen LogP contribution in [0.2, 0.25) is 5.02 Å². The number of carbonyl (C=O) groups is 5. The quantitative estimate of drug-likeness (QED) is 0.166. The summed E-state index contributed by atoms with van der Waals surface area (Å²) in [7, 11) is 1.51. The van der Waals surface area contributed by atoms with Crippen molar-refractivity contribution in [2.24, 2.45) is 0 Å². The third kappa shape index (κ3) is 8.43. The van der Waals surface area contributed by atoms with Crippen molar-refractivity contribution in [1.29, 1.82) is 0 Å². The zero-order valence-electron chi connectivity index (χ0n) is 36.1. The number of benzene rings is 2. The molecule has 1 atom stereocenters. The van der Waals surface area contributed by atoms with E-state index in [9.17, 15) is 28.8 Å². The molecule has 1 unspecified atom stereocenters. The van der Waals surface area contributed by atoms with E-state index in [1.807, 2.05) is 44.2 Å². The topological polar surface area (TPSA) is 197 Å². The van der Waals surface area contributed by atoms with Crippen LogP contribution in [0.4, 0.5) is 17.5 Å². The summed E-state index contributed by atoms with van der Waals surface area (Å²) in [5, 5.41) is 9.20. The smallest absolute Gasteiger partial charge is 0.293 e. The number of halogens is 1. The molecule has 2 aromatic carbocycles. The molecule has 18 heteroatoms. The number of nitrogens with zero attached hydrogens (tertiary/aromatic N) is 6. The van der Waals surface area contributed by atoms with E-state index in [0.29, 0.717) is 39.6 Å². The highest BCUT2D eigenvalue weighted by molar-refractivity contribution is 6.33. The van der Waals surface area contributed by atoms with Crippen molar-refractivity contribution in [1.82, 2.24) is 35.0 Å². The molecular formula is C46H52ClN9O8. The number of amides is 5. The molecule has 1 aliphatic carbocycles. The van der Waals surface area contributed by atoms with E-state index in [2.05, 4.69) is 30.7 Å². The molecule has 64 heavy (non-hydrogen) atoms. The van der Waals surface area contributed by atoms with Gasteiger partial charge in [0.05, 0.1) is 35.0 Å². The summed E-state index contributed by atoms with van der Waals surface area (Å²) in [4.78, 5) is 91.5. The minimum absolute atomic E-state index is 0.0853. The lowest BCUT2D eigenvalue weighted by atomic mass is 9.82. The Balaban J connectivity index is 0.757. The van der Waals surface area contributed by atoms with Gasteiger partial charge in [0.25, 0.3) is 23.3 Å². The van der Waals surface area contributed by atoms with Gasteiger partial charge in [-0.1, -0.05) is 23.7 Å². The summed E-state index contributed by atoms with van der Waals surface area (Å²) in [6.07, 6.45) is 7.54. The molecule has 6 heterocycles. The Morgan fingerprint density at radius 3 is 2.42 bits per heavy atom. The van der Waals surface area contributed by atoms with Crippen LogP contribution in [-0.4, -0.2) is 118 Å². The molecule has 336 valence electrons. The van der Waals surface area contributed by atoms with Crippen LogP contribution in [0.1, 0.15) is 103 Å². The monoisotopic (exact) mass is 893 g/mol. The fourth-order valence-electron chi connectivity index (χ4n) is 9.83. The van der Waals surface area contributed by atoms with E-state index < -0.39 is 29.7 Å². The second-order valence-electron chi connectivity index (χ2n) is 17.6. The lowest BCUT2D eigenvalue weighted by Gasteiger charge is -2.47. The molecule has 4 aromatic rings. The fraction of sp³-hybridized carbons (Fsp3) is 0.478. The minimum Gasteiger partial charge on any atom is -0.478 e. The zero-order valence-corrected chi connectivity index (χ0v) is 36.9. The van der Waals surface area contributed by atoms with Gasteiger partial charge in [-0.15, -0.1) is 0 Å². The first-order valence-electron chi connectivity index (χ1n) is 22.2. The maximum atomic E-state index is 13.7. The highest BCUT2D eigenvalue weighted by atomic mass is 35.5. The summed E-state index contributed by atoms with van der Waals surface area (Å²) in [6.45, 7) is 6.81. The molecule has 5 aliphatic rings. The van der Waals surface area contributed by atoms with Crippen LogP contribution in [-0.2, 0) is 19.1 Å². The van der Waals surface area contributed by atoms with Gasteiger partial charge in [-0.2, -0.15) is 4.98 Å². The fourth-order valence-corrected chi connectivity index (χ4v) is 9.97. The van der Waals surface area contributed by atoms with E-state index in [1.54, 1.807) is 22.9 Å². The van der Waals surface area contributed by atoms with E-state index in [-0.39, 0.29) is 60.8 Å². The molecule has 2 aromatic heterocycles. The van der Waals surface area contributed by atoms with Crippen LogP contribution in [0.25, 0.3) is 10.9 Å². The summed E-state index contributed by atoms with van der Waals surface area (Å²) in [5.74, 6) is -1.01. The van der Waals surface area contributed by atoms with Gasteiger partial charge in [0.2, 0.25) is 17.8 Å². The van der Waals surface area contributed by atoms with Gasteiger partial charge in [-0.25, -0.2) is 4.98 Å². The molecule has 0 spiro atoms. The molecule has 0 radical (unpaired) electrons. The van der Waals surface area contributed by atoms with Crippen molar-refractivity contribution >= 4 is 69.5 Å². The van der Waals surface area contributed by atoms with Crippen LogP contribution in [0.5, 0.6) is 5.75 Å². The second kappa shape index (κ2) is 17.9. The van der Waals surface area contributed by atoms with Crippen molar-refractivity contribution < 1.29 is 33.4 Å². The number of fused-ring (bicyclic) bond motifs is 2. The van der Waals surface area contributed by atoms with Crippen LogP contribution in [0, 0.1) is 0 Å². The lowest BCUT2D eigenvalue weighted by molar-refractivity contribution is -0.136. The number of likely N-dealkylation sites (N-methyl/N-ethyl adjacent to an activating group) is 1. The van der Waals surface area contributed by atoms with Crippen molar-refractivity contribution in [3.05, 3.63) is 80.7 Å². The molecule has 9 rings (SSSR count). The van der Waals surface area contributed by atoms with Crippen molar-refractivity contribution in [2.45, 2.75) is 101 Å². The number of imide groups is 2. The Labute approximate surface area is 374 Å². The molecule has 4 aliphatic heterocycles. The molecule has 5 amide bonds. The highest BCUT2D eigenvalue weighted by Gasteiger charge is 2.46. The maximum Gasteiger partial charge on any atom is 0.293 e. The predicted molar refractivity (Wildman–Crippen MR) is 238 cm³/mol. The first-order valence-corrected chi connectivity index (χ1v) is 22.6. The van der Waals surface area contributed by atoms with Crippen LogP contribution < -0.4 is 31.1 Å². The molecule has 17 nitrogen and oxygen atoms in total. The number of piperidine rings is 3. The molecule has 0 bridgehead atoms. The first-order chi connectivity index (χ1) is 30.9. The lowest BCUT2D eigenvalue weighted by Crippen LogP contribution is -2.54. The van der Waals surface area contributed by atoms with E-state index in [1.165, 1.54) is 7.05 Å². The highest BCUT2D eigenvalue weighted by Crippen LogP contribution is 2.40. The first kappa shape index (κ1) is 43.3. The normalized spacial score (nSPS) is 22.2. The maximum absolute atomic E-state index is 13.7. The molecule has 3 saturated heterocycles. The molecular weight excluding hydrogens is 842 g/mol. The largest absolute Gasteiger partial charge is 0.478 e. The number of likely N-dealkylation sites (tertiary alicyclic amines) is 1. The average Bonchev–Trinajstić information content (AvgIpc) is 3.53. The van der Waals surface area contributed by atoms with Gasteiger partial charge in [-0.3, -0.25) is 39.0 Å². The Hall–Kier alpha value is -5.91. The summed E-state index contributed by atoms with van der Waals surface area (Å²) in [5.41, 5.74) is 2.73. The number of aromatic nitrogens is 3. The minimum atomic E-state index is -0.977. The Kier molecular flexibility index (Phi) is 12.1. The van der Waals surface area contributed by atoms with E-state index >= 15 is 0 Å². The number of carbonyl (C=O) groups excluding carboxylic acids is 5. The Bertz CT molecular complexity index is 2580. The van der Waals surface area contributed by atoms with E-state index in [4.69, 9.17) is 26.1 Å². The Morgan fingerprint density at radius 1 is 0.938 bits per heavy atom.